The first-order chi connectivity index (χ1) is 13.8. The first kappa shape index (κ1) is 23.6. The minimum absolute atomic E-state index is 0.194. The van der Waals surface area contributed by atoms with Crippen LogP contribution in [-0.4, -0.2) is 12.4 Å². The molecule has 3 rings (SSSR count). The summed E-state index contributed by atoms with van der Waals surface area (Å²) >= 11 is 1.62. The molecule has 0 unspecified atom stereocenters. The molecular weight excluding hydrogens is 491 g/mol. The van der Waals surface area contributed by atoms with E-state index in [1.54, 1.807) is 24.6 Å². The number of nitrogens with zero attached hydrogens (tertiary/aromatic N) is 2. The Morgan fingerprint density at radius 1 is 0.759 bits per heavy atom. The fourth-order valence-electron chi connectivity index (χ4n) is 2.05. The second-order valence-corrected chi connectivity index (χ2v) is 8.30. The standard InChI is InChI=1S/C19H12F4N2S.2ClH.Fe/c20-14-3-7-16(8-4-14)25-12-18-10-9-17(26-18)11-24-15-5-1-13(2-6-15)19(21,22)23;;;/h1-12H;2*1H;/q;;;+2/p-2. The summed E-state index contributed by atoms with van der Waals surface area (Å²) in [5.41, 5.74) is 0.375. The third-order valence-electron chi connectivity index (χ3n) is 3.35. The van der Waals surface area contributed by atoms with E-state index in [0.717, 1.165) is 21.9 Å². The van der Waals surface area contributed by atoms with E-state index in [9.17, 15) is 17.6 Å². The fourth-order valence-corrected chi connectivity index (χ4v) is 2.80. The van der Waals surface area contributed by atoms with Crippen LogP contribution in [0.5, 0.6) is 0 Å². The molecule has 0 aliphatic heterocycles. The molecule has 0 radical (unpaired) electrons. The summed E-state index contributed by atoms with van der Waals surface area (Å²) < 4.78 is 50.4. The van der Waals surface area contributed by atoms with Crippen molar-refractivity contribution in [3.05, 3.63) is 81.8 Å². The van der Waals surface area contributed by atoms with Gasteiger partial charge < -0.3 is 0 Å². The summed E-state index contributed by atoms with van der Waals surface area (Å²) in [4.78, 5) is 10.1. The van der Waals surface area contributed by atoms with Crippen molar-refractivity contribution in [1.29, 1.82) is 0 Å². The Balaban J connectivity index is 0.000000941. The molecule has 1 aromatic heterocycles. The first-order valence-electron chi connectivity index (χ1n) is 7.78. The molecule has 0 aliphatic rings. The molecular formula is C19H12Cl2F4FeN2S. The zero-order valence-electron chi connectivity index (χ0n) is 14.4. The Kier molecular flexibility index (Phi) is 9.33. The van der Waals surface area contributed by atoms with Crippen LogP contribution in [0.4, 0.5) is 28.9 Å². The van der Waals surface area contributed by atoms with E-state index in [2.05, 4.69) is 9.98 Å². The van der Waals surface area contributed by atoms with Crippen LogP contribution in [0.25, 0.3) is 0 Å². The van der Waals surface area contributed by atoms with Crippen LogP contribution in [-0.2, 0) is 19.3 Å². The Labute approximate surface area is 183 Å². The molecule has 0 fully saturated rings. The Morgan fingerprint density at radius 2 is 1.17 bits per heavy atom. The Hall–Kier alpha value is -1.70. The van der Waals surface area contributed by atoms with Crippen molar-refractivity contribution in [3.63, 3.8) is 0 Å². The normalized spacial score (nSPS) is 11.8. The monoisotopic (exact) mass is 502 g/mol. The molecule has 0 atom stereocenters. The van der Waals surface area contributed by atoms with Gasteiger partial charge in [0.05, 0.1) is 16.9 Å². The van der Waals surface area contributed by atoms with E-state index in [0.29, 0.717) is 11.4 Å². The van der Waals surface area contributed by atoms with Crippen LogP contribution in [0.3, 0.4) is 0 Å². The maximum atomic E-state index is 12.8. The molecule has 2 nitrogen and oxygen atoms in total. The zero-order valence-corrected chi connectivity index (χ0v) is 17.8. The van der Waals surface area contributed by atoms with E-state index in [1.165, 1.54) is 35.6 Å². The molecule has 1 heterocycles. The van der Waals surface area contributed by atoms with Gasteiger partial charge in [0.15, 0.2) is 0 Å². The Bertz CT molecular complexity index is 956. The predicted molar refractivity (Wildman–Crippen MR) is 108 cm³/mol. The number of alkyl halides is 3. The predicted octanol–water partition coefficient (Wildman–Crippen LogP) is 7.78. The number of thiophene rings is 1. The molecule has 0 bridgehead atoms. The molecule has 154 valence electrons. The molecule has 0 N–H and O–H groups in total. The van der Waals surface area contributed by atoms with Gasteiger partial charge in [-0.15, -0.1) is 11.3 Å². The quantitative estimate of drug-likeness (QED) is 0.197. The van der Waals surface area contributed by atoms with Crippen LogP contribution in [0.2, 0.25) is 0 Å². The van der Waals surface area contributed by atoms with E-state index >= 15 is 0 Å². The van der Waals surface area contributed by atoms with Gasteiger partial charge in [0, 0.05) is 22.2 Å². The van der Waals surface area contributed by atoms with Crippen molar-refractivity contribution >= 4 is 55.3 Å². The second kappa shape index (κ2) is 11.5. The second-order valence-electron chi connectivity index (χ2n) is 5.33. The topological polar surface area (TPSA) is 24.7 Å². The maximum absolute atomic E-state index is 12.8. The van der Waals surface area contributed by atoms with E-state index in [4.69, 9.17) is 20.2 Å². The molecule has 10 heteroatoms. The molecule has 29 heavy (non-hydrogen) atoms. The van der Waals surface area contributed by atoms with Crippen LogP contribution >= 0.6 is 31.5 Å². The average Bonchev–Trinajstić information content (AvgIpc) is 3.14. The summed E-state index contributed by atoms with van der Waals surface area (Å²) in [5, 5.41) is 0. The van der Waals surface area contributed by atoms with E-state index < -0.39 is 11.7 Å². The van der Waals surface area contributed by atoms with Gasteiger partial charge in [-0.25, -0.2) is 4.39 Å². The van der Waals surface area contributed by atoms with Crippen LogP contribution in [0, 0.1) is 5.82 Å². The van der Waals surface area contributed by atoms with Crippen LogP contribution < -0.4 is 0 Å². The zero-order chi connectivity index (χ0) is 21.3. The average molecular weight is 503 g/mol. The molecule has 2 aromatic carbocycles. The van der Waals surface area contributed by atoms with Gasteiger partial charge in [-0.3, -0.25) is 9.98 Å². The molecule has 0 saturated carbocycles. The number of benzene rings is 2. The van der Waals surface area contributed by atoms with Crippen LogP contribution in [0.15, 0.2) is 70.6 Å². The fraction of sp³-hybridized carbons (Fsp3) is 0.0526. The van der Waals surface area contributed by atoms with Gasteiger partial charge in [0.1, 0.15) is 5.82 Å². The van der Waals surface area contributed by atoms with Gasteiger partial charge in [-0.05, 0) is 60.7 Å². The first-order valence-corrected chi connectivity index (χ1v) is 11.6. The minimum atomic E-state index is -4.35. The summed E-state index contributed by atoms with van der Waals surface area (Å²) in [6.07, 6.45) is -1.11. The van der Waals surface area contributed by atoms with Gasteiger partial charge in [-0.1, -0.05) is 0 Å². The number of aliphatic imine (C=N–C) groups is 2. The molecule has 0 spiro atoms. The third kappa shape index (κ3) is 8.28. The van der Waals surface area contributed by atoms with E-state index in [1.807, 2.05) is 12.1 Å². The summed E-state index contributed by atoms with van der Waals surface area (Å²) in [6, 6.07) is 14.2. The van der Waals surface area contributed by atoms with Gasteiger partial charge in [0.25, 0.3) is 0 Å². The van der Waals surface area contributed by atoms with Crippen molar-refractivity contribution in [1.82, 2.24) is 0 Å². The van der Waals surface area contributed by atoms with Crippen LogP contribution in [0.1, 0.15) is 15.3 Å². The number of hydrogen-bond acceptors (Lipinski definition) is 3. The number of hydrogen-bond donors (Lipinski definition) is 0. The molecule has 0 aliphatic carbocycles. The third-order valence-corrected chi connectivity index (χ3v) is 4.30. The molecule has 0 amide bonds. The van der Waals surface area contributed by atoms with Gasteiger partial charge in [-0.2, -0.15) is 13.2 Å². The van der Waals surface area contributed by atoms with Crippen molar-refractivity contribution in [2.24, 2.45) is 9.98 Å². The molecule has 0 saturated heterocycles. The SMILES string of the molecule is Fc1ccc(N=Cc2ccc(C=Nc3ccc(C(F)(F)F)cc3)s2)cc1.[Cl][Fe][Cl]. The van der Waals surface area contributed by atoms with Crippen molar-refractivity contribution in [3.8, 4) is 0 Å². The number of rotatable bonds is 4. The van der Waals surface area contributed by atoms with Gasteiger partial charge in [0.2, 0.25) is 0 Å². The van der Waals surface area contributed by atoms with Crippen molar-refractivity contribution in [2.45, 2.75) is 6.18 Å². The summed E-state index contributed by atoms with van der Waals surface area (Å²) in [6.45, 7) is 0. The van der Waals surface area contributed by atoms with Crippen molar-refractivity contribution < 1.29 is 30.7 Å². The Morgan fingerprint density at radius 3 is 1.59 bits per heavy atom. The van der Waals surface area contributed by atoms with E-state index in [-0.39, 0.29) is 19.0 Å². The summed E-state index contributed by atoms with van der Waals surface area (Å²) in [7, 11) is 9.53. The number of halogens is 6. The van der Waals surface area contributed by atoms with Gasteiger partial charge >= 0.3 is 39.5 Å². The summed E-state index contributed by atoms with van der Waals surface area (Å²) in [5.74, 6) is -0.318. The molecule has 3 aromatic rings. The van der Waals surface area contributed by atoms with Crippen molar-refractivity contribution in [2.75, 3.05) is 0 Å².